The maximum atomic E-state index is 11.9. The summed E-state index contributed by atoms with van der Waals surface area (Å²) >= 11 is 0. The molecular formula is C13H15N3O5. The molecule has 0 aliphatic carbocycles. The van der Waals surface area contributed by atoms with Crippen molar-refractivity contribution in [3.8, 4) is 0 Å². The fourth-order valence-electron chi connectivity index (χ4n) is 2.39. The molecule has 1 amide bonds. The normalized spacial score (nSPS) is 18.2. The highest BCUT2D eigenvalue weighted by Gasteiger charge is 2.34. The number of aliphatic carboxylic acids is 1. The van der Waals surface area contributed by atoms with Gasteiger partial charge < -0.3 is 15.3 Å². The van der Waals surface area contributed by atoms with Gasteiger partial charge in [0.15, 0.2) is 0 Å². The van der Waals surface area contributed by atoms with E-state index in [2.05, 4.69) is 5.32 Å². The van der Waals surface area contributed by atoms with Crippen LogP contribution in [0.15, 0.2) is 18.2 Å². The Morgan fingerprint density at radius 3 is 2.90 bits per heavy atom. The van der Waals surface area contributed by atoms with Gasteiger partial charge in [0.2, 0.25) is 5.91 Å². The summed E-state index contributed by atoms with van der Waals surface area (Å²) in [6.07, 6.45) is -0.406. The highest BCUT2D eigenvalue weighted by Crippen LogP contribution is 2.31. The van der Waals surface area contributed by atoms with E-state index in [1.54, 1.807) is 19.1 Å². The molecule has 0 radical (unpaired) electrons. The minimum Gasteiger partial charge on any atom is -0.481 e. The second-order valence-electron chi connectivity index (χ2n) is 4.85. The molecule has 1 fully saturated rings. The molecule has 0 aromatic heterocycles. The van der Waals surface area contributed by atoms with Crippen LogP contribution in [0, 0.1) is 17.0 Å². The molecule has 1 aromatic carbocycles. The molecule has 112 valence electrons. The summed E-state index contributed by atoms with van der Waals surface area (Å²) in [5.41, 5.74) is 0.869. The van der Waals surface area contributed by atoms with Crippen LogP contribution < -0.4 is 10.2 Å². The zero-order chi connectivity index (χ0) is 15.6. The van der Waals surface area contributed by atoms with Gasteiger partial charge in [-0.1, -0.05) is 6.07 Å². The second-order valence-corrected chi connectivity index (χ2v) is 4.85. The van der Waals surface area contributed by atoms with Crippen molar-refractivity contribution in [1.29, 1.82) is 0 Å². The van der Waals surface area contributed by atoms with Crippen LogP contribution in [0.1, 0.15) is 12.0 Å². The minimum absolute atomic E-state index is 0.125. The van der Waals surface area contributed by atoms with Gasteiger partial charge in [-0.3, -0.25) is 19.7 Å². The van der Waals surface area contributed by atoms with Crippen LogP contribution in [-0.4, -0.2) is 41.0 Å². The molecule has 1 unspecified atom stereocenters. The average molecular weight is 293 g/mol. The van der Waals surface area contributed by atoms with Crippen molar-refractivity contribution in [2.45, 2.75) is 19.4 Å². The lowest BCUT2D eigenvalue weighted by Gasteiger charge is -2.35. The lowest BCUT2D eigenvalue weighted by Crippen LogP contribution is -2.56. The molecule has 2 N–H and O–H groups in total. The Hall–Kier alpha value is -2.64. The van der Waals surface area contributed by atoms with E-state index in [0.29, 0.717) is 13.1 Å². The summed E-state index contributed by atoms with van der Waals surface area (Å²) in [5, 5.41) is 22.7. The third-order valence-electron chi connectivity index (χ3n) is 3.34. The van der Waals surface area contributed by atoms with Crippen molar-refractivity contribution in [3.63, 3.8) is 0 Å². The van der Waals surface area contributed by atoms with E-state index < -0.39 is 29.3 Å². The second kappa shape index (κ2) is 5.78. The largest absolute Gasteiger partial charge is 0.481 e. The van der Waals surface area contributed by atoms with Gasteiger partial charge in [0.1, 0.15) is 11.7 Å². The average Bonchev–Trinajstić information content (AvgIpc) is 2.41. The van der Waals surface area contributed by atoms with Gasteiger partial charge in [-0.15, -0.1) is 0 Å². The number of nitrogens with zero attached hydrogens (tertiary/aromatic N) is 2. The smallest absolute Gasteiger partial charge is 0.305 e. The van der Waals surface area contributed by atoms with E-state index in [0.717, 1.165) is 5.56 Å². The van der Waals surface area contributed by atoms with Crippen LogP contribution >= 0.6 is 0 Å². The summed E-state index contributed by atoms with van der Waals surface area (Å²) in [7, 11) is 0. The standard InChI is InChI=1S/C13H15N3O5/c1-8-2-3-9(10(6-8)16(20)21)15-5-4-14-13(19)11(15)7-12(17)18/h2-3,6,11H,4-5,7H2,1H3,(H,14,19)(H,17,18). The molecule has 1 aromatic rings. The number of rotatable bonds is 4. The first-order chi connectivity index (χ1) is 9.90. The highest BCUT2D eigenvalue weighted by atomic mass is 16.6. The van der Waals surface area contributed by atoms with Crippen molar-refractivity contribution in [2.75, 3.05) is 18.0 Å². The molecule has 8 nitrogen and oxygen atoms in total. The predicted molar refractivity (Wildman–Crippen MR) is 74.2 cm³/mol. The van der Waals surface area contributed by atoms with Crippen molar-refractivity contribution < 1.29 is 19.6 Å². The Morgan fingerprint density at radius 1 is 1.57 bits per heavy atom. The quantitative estimate of drug-likeness (QED) is 0.623. The van der Waals surface area contributed by atoms with Gasteiger partial charge >= 0.3 is 5.97 Å². The van der Waals surface area contributed by atoms with Gasteiger partial charge in [-0.05, 0) is 18.6 Å². The van der Waals surface area contributed by atoms with Crippen LogP contribution in [0.25, 0.3) is 0 Å². The summed E-state index contributed by atoms with van der Waals surface area (Å²) in [6, 6.07) is 3.73. The summed E-state index contributed by atoms with van der Waals surface area (Å²) in [6.45, 7) is 2.38. The Balaban J connectivity index is 2.44. The van der Waals surface area contributed by atoms with Crippen molar-refractivity contribution >= 4 is 23.3 Å². The van der Waals surface area contributed by atoms with Crippen LogP contribution in [0.5, 0.6) is 0 Å². The fraction of sp³-hybridized carbons (Fsp3) is 0.385. The maximum absolute atomic E-state index is 11.9. The van der Waals surface area contributed by atoms with Crippen LogP contribution in [0.4, 0.5) is 11.4 Å². The zero-order valence-corrected chi connectivity index (χ0v) is 11.4. The number of nitrogens with one attached hydrogen (secondary N) is 1. The number of anilines is 1. The number of hydrogen-bond donors (Lipinski definition) is 2. The third-order valence-corrected chi connectivity index (χ3v) is 3.34. The Morgan fingerprint density at radius 2 is 2.29 bits per heavy atom. The molecule has 1 saturated heterocycles. The molecule has 0 bridgehead atoms. The number of aryl methyl sites for hydroxylation is 1. The van der Waals surface area contributed by atoms with E-state index in [-0.39, 0.29) is 11.4 Å². The van der Waals surface area contributed by atoms with E-state index in [9.17, 15) is 19.7 Å². The first kappa shape index (κ1) is 14.8. The molecule has 2 rings (SSSR count). The van der Waals surface area contributed by atoms with E-state index in [1.807, 2.05) is 0 Å². The minimum atomic E-state index is -1.13. The number of carbonyl (C=O) groups excluding carboxylic acids is 1. The molecule has 1 aliphatic rings. The number of carboxylic acid groups (broad SMARTS) is 1. The molecule has 0 saturated carbocycles. The summed E-state index contributed by atoms with van der Waals surface area (Å²) < 4.78 is 0. The lowest BCUT2D eigenvalue weighted by molar-refractivity contribution is -0.384. The molecule has 1 aliphatic heterocycles. The van der Waals surface area contributed by atoms with Gasteiger partial charge in [0.05, 0.1) is 11.3 Å². The SMILES string of the molecule is Cc1ccc(N2CCNC(=O)C2CC(=O)O)c([N+](=O)[O-])c1. The zero-order valence-electron chi connectivity index (χ0n) is 11.4. The molecule has 21 heavy (non-hydrogen) atoms. The van der Waals surface area contributed by atoms with E-state index in [1.165, 1.54) is 11.0 Å². The van der Waals surface area contributed by atoms with Crippen molar-refractivity contribution in [1.82, 2.24) is 5.32 Å². The van der Waals surface area contributed by atoms with Gasteiger partial charge in [0.25, 0.3) is 5.69 Å². The first-order valence-electron chi connectivity index (χ1n) is 6.41. The number of nitro groups is 1. The highest BCUT2D eigenvalue weighted by molar-refractivity contribution is 5.91. The predicted octanol–water partition coefficient (Wildman–Crippen LogP) is 0.683. The number of benzene rings is 1. The number of carboxylic acids is 1. The monoisotopic (exact) mass is 293 g/mol. The Labute approximate surface area is 120 Å². The van der Waals surface area contributed by atoms with Gasteiger partial charge in [0, 0.05) is 19.2 Å². The summed E-state index contributed by atoms with van der Waals surface area (Å²) in [4.78, 5) is 35.0. The lowest BCUT2D eigenvalue weighted by atomic mass is 10.1. The van der Waals surface area contributed by atoms with Gasteiger partial charge in [-0.25, -0.2) is 0 Å². The molecular weight excluding hydrogens is 278 g/mol. The number of carbonyl (C=O) groups is 2. The summed E-state index contributed by atoms with van der Waals surface area (Å²) in [5.74, 6) is -1.56. The van der Waals surface area contributed by atoms with Crippen molar-refractivity contribution in [3.05, 3.63) is 33.9 Å². The topological polar surface area (TPSA) is 113 Å². The molecule has 1 heterocycles. The Kier molecular flexibility index (Phi) is 4.06. The molecule has 8 heteroatoms. The van der Waals surface area contributed by atoms with Crippen LogP contribution in [0.2, 0.25) is 0 Å². The maximum Gasteiger partial charge on any atom is 0.305 e. The number of nitro benzene ring substituents is 1. The number of amides is 1. The van der Waals surface area contributed by atoms with E-state index in [4.69, 9.17) is 5.11 Å². The van der Waals surface area contributed by atoms with Crippen LogP contribution in [0.3, 0.4) is 0 Å². The first-order valence-corrected chi connectivity index (χ1v) is 6.41. The van der Waals surface area contributed by atoms with Crippen LogP contribution in [-0.2, 0) is 9.59 Å². The Bertz CT molecular complexity index is 601. The van der Waals surface area contributed by atoms with E-state index >= 15 is 0 Å². The fourth-order valence-corrected chi connectivity index (χ4v) is 2.39. The molecule has 0 spiro atoms. The number of hydrogen-bond acceptors (Lipinski definition) is 5. The third kappa shape index (κ3) is 3.10. The molecule has 1 atom stereocenters. The van der Waals surface area contributed by atoms with Gasteiger partial charge in [-0.2, -0.15) is 0 Å². The van der Waals surface area contributed by atoms with Crippen molar-refractivity contribution in [2.24, 2.45) is 0 Å². The number of piperazine rings is 1.